The highest BCUT2D eigenvalue weighted by atomic mass is 35.5. The van der Waals surface area contributed by atoms with Crippen LogP contribution in [0.4, 0.5) is 0 Å². The Morgan fingerprint density at radius 3 is 2.30 bits per heavy atom. The minimum Gasteiger partial charge on any atom is -0.358 e. The quantitative estimate of drug-likeness (QED) is 0.756. The molecule has 0 aromatic rings. The van der Waals surface area contributed by atoms with Gasteiger partial charge >= 0.3 is 0 Å². The molecule has 2 fully saturated rings. The Morgan fingerprint density at radius 1 is 1.30 bits per heavy atom. The lowest BCUT2D eigenvalue weighted by Crippen LogP contribution is -2.48. The van der Waals surface area contributed by atoms with Gasteiger partial charge in [-0.3, -0.25) is 14.5 Å². The Hall–Kier alpha value is -0.520. The van der Waals surface area contributed by atoms with Crippen LogP contribution in [-0.4, -0.2) is 53.8 Å². The van der Waals surface area contributed by atoms with Crippen molar-refractivity contribution in [2.45, 2.75) is 36.6 Å². The molecule has 2 amide bonds. The fraction of sp³-hybridized carbons (Fsp3) is 0.846. The van der Waals surface area contributed by atoms with E-state index in [4.69, 9.17) is 23.2 Å². The molecule has 0 aromatic carbocycles. The molecule has 0 unspecified atom stereocenters. The second-order valence-electron chi connectivity index (χ2n) is 5.91. The van der Waals surface area contributed by atoms with Gasteiger partial charge in [0.05, 0.1) is 12.0 Å². The number of hydrogen-bond donors (Lipinski definition) is 2. The fourth-order valence-corrected chi connectivity index (χ4v) is 3.21. The van der Waals surface area contributed by atoms with Crippen LogP contribution in [-0.2, 0) is 9.59 Å². The molecule has 114 valence electrons. The molecule has 2 aliphatic rings. The summed E-state index contributed by atoms with van der Waals surface area (Å²) in [6.45, 7) is 3.83. The monoisotopic (exact) mass is 321 g/mol. The maximum absolute atomic E-state index is 12.2. The Labute approximate surface area is 129 Å². The maximum Gasteiger partial charge on any atom is 0.233 e. The third-order valence-corrected chi connectivity index (χ3v) is 5.43. The SMILES string of the molecule is CNC(=O)CN1CCC(NC(=O)[C@@]2(C)CC2(Cl)Cl)CC1. The zero-order chi connectivity index (χ0) is 15.0. The second-order valence-corrected chi connectivity index (χ2v) is 7.39. The second kappa shape index (κ2) is 5.70. The summed E-state index contributed by atoms with van der Waals surface area (Å²) in [5.74, 6) is -0.0423. The van der Waals surface area contributed by atoms with Crippen LogP contribution in [0, 0.1) is 5.41 Å². The van der Waals surface area contributed by atoms with Crippen molar-refractivity contribution in [1.29, 1.82) is 0 Å². The van der Waals surface area contributed by atoms with Gasteiger partial charge in [-0.2, -0.15) is 0 Å². The highest BCUT2D eigenvalue weighted by Crippen LogP contribution is 2.63. The highest BCUT2D eigenvalue weighted by molar-refractivity contribution is 6.53. The zero-order valence-electron chi connectivity index (χ0n) is 11.8. The van der Waals surface area contributed by atoms with Crippen LogP contribution in [0.15, 0.2) is 0 Å². The van der Waals surface area contributed by atoms with E-state index in [0.717, 1.165) is 25.9 Å². The van der Waals surface area contributed by atoms with Crippen LogP contribution in [0.3, 0.4) is 0 Å². The first-order valence-corrected chi connectivity index (χ1v) is 7.66. The van der Waals surface area contributed by atoms with Gasteiger partial charge in [0.2, 0.25) is 11.8 Å². The molecule has 0 radical (unpaired) electrons. The molecule has 1 aliphatic carbocycles. The molecule has 2 rings (SSSR count). The van der Waals surface area contributed by atoms with E-state index < -0.39 is 9.75 Å². The van der Waals surface area contributed by atoms with E-state index in [9.17, 15) is 9.59 Å². The first-order chi connectivity index (χ1) is 9.28. The third-order valence-electron chi connectivity index (χ3n) is 4.33. The lowest BCUT2D eigenvalue weighted by molar-refractivity contribution is -0.127. The standard InChI is InChI=1S/C13H21Cl2N3O2/c1-12(8-13(12,14)15)11(20)17-9-3-5-18(6-4-9)7-10(19)16-2/h9H,3-8H2,1-2H3,(H,16,19)(H,17,20)/t12-/m1/s1. The summed E-state index contributed by atoms with van der Waals surface area (Å²) in [6.07, 6.45) is 2.19. The van der Waals surface area contributed by atoms with Crippen LogP contribution in [0.5, 0.6) is 0 Å². The van der Waals surface area contributed by atoms with Crippen molar-refractivity contribution < 1.29 is 9.59 Å². The number of amides is 2. The number of rotatable bonds is 4. The highest BCUT2D eigenvalue weighted by Gasteiger charge is 2.68. The Balaban J connectivity index is 1.75. The van der Waals surface area contributed by atoms with Crippen molar-refractivity contribution in [2.24, 2.45) is 5.41 Å². The van der Waals surface area contributed by atoms with E-state index in [2.05, 4.69) is 15.5 Å². The maximum atomic E-state index is 12.2. The van der Waals surface area contributed by atoms with Crippen molar-refractivity contribution in [3.63, 3.8) is 0 Å². The minimum atomic E-state index is -0.920. The molecule has 1 saturated heterocycles. The molecule has 7 heteroatoms. The normalized spacial score (nSPS) is 29.8. The number of carbonyl (C=O) groups is 2. The van der Waals surface area contributed by atoms with Crippen molar-refractivity contribution in [3.05, 3.63) is 0 Å². The van der Waals surface area contributed by atoms with Gasteiger partial charge in [0.25, 0.3) is 0 Å². The number of nitrogens with zero attached hydrogens (tertiary/aromatic N) is 1. The van der Waals surface area contributed by atoms with Crippen LogP contribution < -0.4 is 10.6 Å². The van der Waals surface area contributed by atoms with Gasteiger partial charge in [-0.25, -0.2) is 0 Å². The molecular weight excluding hydrogens is 301 g/mol. The van der Waals surface area contributed by atoms with Crippen LogP contribution in [0.1, 0.15) is 26.2 Å². The Bertz CT molecular complexity index is 408. The van der Waals surface area contributed by atoms with Crippen molar-refractivity contribution in [2.75, 3.05) is 26.7 Å². The third kappa shape index (κ3) is 3.21. The first-order valence-electron chi connectivity index (χ1n) is 6.90. The van der Waals surface area contributed by atoms with Gasteiger partial charge in [0, 0.05) is 26.2 Å². The van der Waals surface area contributed by atoms with Gasteiger partial charge in [-0.15, -0.1) is 23.2 Å². The molecule has 1 heterocycles. The Morgan fingerprint density at radius 2 is 1.85 bits per heavy atom. The van der Waals surface area contributed by atoms with Crippen LogP contribution >= 0.6 is 23.2 Å². The summed E-state index contributed by atoms with van der Waals surface area (Å²) in [5.41, 5.74) is -0.657. The number of nitrogens with one attached hydrogen (secondary N) is 2. The van der Waals surface area contributed by atoms with Gasteiger partial charge in [0.15, 0.2) is 0 Å². The number of likely N-dealkylation sites (N-methyl/N-ethyl adjacent to an activating group) is 1. The number of hydrogen-bond acceptors (Lipinski definition) is 3. The molecule has 1 atom stereocenters. The lowest BCUT2D eigenvalue weighted by Gasteiger charge is -2.32. The van der Waals surface area contributed by atoms with E-state index in [1.54, 1.807) is 14.0 Å². The van der Waals surface area contributed by atoms with E-state index in [1.807, 2.05) is 0 Å². The van der Waals surface area contributed by atoms with Crippen molar-refractivity contribution in [1.82, 2.24) is 15.5 Å². The zero-order valence-corrected chi connectivity index (χ0v) is 13.4. The summed E-state index contributed by atoms with van der Waals surface area (Å²) in [7, 11) is 1.64. The van der Waals surface area contributed by atoms with Gasteiger partial charge in [-0.05, 0) is 26.2 Å². The largest absolute Gasteiger partial charge is 0.358 e. The van der Waals surface area contributed by atoms with Crippen LogP contribution in [0.25, 0.3) is 0 Å². The summed E-state index contributed by atoms with van der Waals surface area (Å²) in [5, 5.41) is 5.64. The molecule has 1 aliphatic heterocycles. The average molecular weight is 322 g/mol. The molecule has 0 aromatic heterocycles. The summed E-state index contributed by atoms with van der Waals surface area (Å²) in [4.78, 5) is 25.5. The molecule has 1 saturated carbocycles. The molecule has 0 spiro atoms. The molecule has 5 nitrogen and oxygen atoms in total. The predicted octanol–water partition coefficient (Wildman–Crippen LogP) is 0.897. The fourth-order valence-electron chi connectivity index (χ4n) is 2.51. The van der Waals surface area contributed by atoms with E-state index >= 15 is 0 Å². The Kier molecular flexibility index (Phi) is 4.52. The van der Waals surface area contributed by atoms with Gasteiger partial charge in [-0.1, -0.05) is 0 Å². The number of likely N-dealkylation sites (tertiary alicyclic amines) is 1. The lowest BCUT2D eigenvalue weighted by atomic mass is 10.0. The molecule has 0 bridgehead atoms. The topological polar surface area (TPSA) is 61.4 Å². The molecule has 20 heavy (non-hydrogen) atoms. The van der Waals surface area contributed by atoms with Gasteiger partial charge < -0.3 is 10.6 Å². The van der Waals surface area contributed by atoms with Crippen molar-refractivity contribution in [3.8, 4) is 0 Å². The number of alkyl halides is 2. The smallest absolute Gasteiger partial charge is 0.233 e. The van der Waals surface area contributed by atoms with E-state index in [-0.39, 0.29) is 17.9 Å². The minimum absolute atomic E-state index is 0.0204. The number of halogens is 2. The predicted molar refractivity (Wildman–Crippen MR) is 78.8 cm³/mol. The average Bonchev–Trinajstić information content (AvgIpc) is 2.92. The molecule has 2 N–H and O–H groups in total. The van der Waals surface area contributed by atoms with E-state index in [1.165, 1.54) is 0 Å². The summed E-state index contributed by atoms with van der Waals surface area (Å²) >= 11 is 12.0. The van der Waals surface area contributed by atoms with Gasteiger partial charge in [0.1, 0.15) is 4.33 Å². The first kappa shape index (κ1) is 15.9. The number of piperidine rings is 1. The van der Waals surface area contributed by atoms with E-state index in [0.29, 0.717) is 13.0 Å². The van der Waals surface area contributed by atoms with Crippen molar-refractivity contribution >= 4 is 35.0 Å². The van der Waals surface area contributed by atoms with Crippen LogP contribution in [0.2, 0.25) is 0 Å². The summed E-state index contributed by atoms with van der Waals surface area (Å²) < 4.78 is -0.920. The molecular formula is C13H21Cl2N3O2. The summed E-state index contributed by atoms with van der Waals surface area (Å²) in [6, 6.07) is 0.144. The number of carbonyl (C=O) groups excluding carboxylic acids is 2.